The molecule has 0 radical (unpaired) electrons. The van der Waals surface area contributed by atoms with E-state index in [-0.39, 0.29) is 17.9 Å². The Bertz CT molecular complexity index is 780. The van der Waals surface area contributed by atoms with E-state index in [1.54, 1.807) is 4.90 Å². The number of hydrogen-bond donors (Lipinski definition) is 1. The summed E-state index contributed by atoms with van der Waals surface area (Å²) in [5, 5.41) is 2.81. The lowest BCUT2D eigenvalue weighted by molar-refractivity contribution is -0.120. The SMILES string of the molecule is Cc1cc(C(=O)N2CCNC(=O)CC2)c(C)n1[C@@H](C)c1ccccc1. The van der Waals surface area contributed by atoms with E-state index in [2.05, 4.69) is 28.9 Å². The van der Waals surface area contributed by atoms with Crippen LogP contribution in [-0.4, -0.2) is 40.9 Å². The molecule has 1 aromatic carbocycles. The fourth-order valence-corrected chi connectivity index (χ4v) is 3.61. The van der Waals surface area contributed by atoms with Crippen LogP contribution in [0.3, 0.4) is 0 Å². The molecule has 1 aliphatic heterocycles. The lowest BCUT2D eigenvalue weighted by atomic mass is 10.1. The Morgan fingerprint density at radius 3 is 2.60 bits per heavy atom. The predicted molar refractivity (Wildman–Crippen MR) is 97.7 cm³/mol. The molecule has 3 rings (SSSR count). The van der Waals surface area contributed by atoms with E-state index in [1.165, 1.54) is 5.56 Å². The number of rotatable bonds is 3. The molecule has 2 heterocycles. The molecule has 2 amide bonds. The Hall–Kier alpha value is -2.56. The summed E-state index contributed by atoms with van der Waals surface area (Å²) in [6, 6.07) is 12.4. The first-order chi connectivity index (χ1) is 12.0. The highest BCUT2D eigenvalue weighted by Gasteiger charge is 2.25. The summed E-state index contributed by atoms with van der Waals surface area (Å²) in [6.07, 6.45) is 0.366. The summed E-state index contributed by atoms with van der Waals surface area (Å²) in [7, 11) is 0. The van der Waals surface area contributed by atoms with Crippen molar-refractivity contribution in [2.45, 2.75) is 33.2 Å². The number of nitrogens with zero attached hydrogens (tertiary/aromatic N) is 2. The molecule has 5 nitrogen and oxygen atoms in total. The first kappa shape index (κ1) is 17.3. The molecule has 0 unspecified atom stereocenters. The van der Waals surface area contributed by atoms with Gasteiger partial charge in [-0.25, -0.2) is 0 Å². The van der Waals surface area contributed by atoms with Gasteiger partial charge < -0.3 is 14.8 Å². The van der Waals surface area contributed by atoms with Gasteiger partial charge in [0.05, 0.1) is 11.6 Å². The van der Waals surface area contributed by atoms with Gasteiger partial charge in [0.1, 0.15) is 0 Å². The Labute approximate surface area is 148 Å². The summed E-state index contributed by atoms with van der Waals surface area (Å²) >= 11 is 0. The Kier molecular flexibility index (Phi) is 4.93. The third-order valence-corrected chi connectivity index (χ3v) is 4.98. The third-order valence-electron chi connectivity index (χ3n) is 4.98. The summed E-state index contributed by atoms with van der Waals surface area (Å²) in [6.45, 7) is 7.74. The average molecular weight is 339 g/mol. The van der Waals surface area contributed by atoms with Crippen LogP contribution in [0.1, 0.15) is 46.7 Å². The van der Waals surface area contributed by atoms with Gasteiger partial charge in [-0.2, -0.15) is 0 Å². The van der Waals surface area contributed by atoms with E-state index in [0.717, 1.165) is 17.0 Å². The van der Waals surface area contributed by atoms with E-state index in [0.29, 0.717) is 26.1 Å². The zero-order chi connectivity index (χ0) is 18.0. The van der Waals surface area contributed by atoms with Crippen LogP contribution in [0.2, 0.25) is 0 Å². The van der Waals surface area contributed by atoms with Gasteiger partial charge in [0.15, 0.2) is 0 Å². The van der Waals surface area contributed by atoms with E-state index in [9.17, 15) is 9.59 Å². The van der Waals surface area contributed by atoms with Crippen molar-refractivity contribution in [3.63, 3.8) is 0 Å². The standard InChI is InChI=1S/C20H25N3O2/c1-14-13-18(20(25)22-11-9-19(24)21-10-12-22)16(3)23(14)15(2)17-7-5-4-6-8-17/h4-8,13,15H,9-12H2,1-3H3,(H,21,24)/t15-/m0/s1. The minimum absolute atomic E-state index is 0.0103. The first-order valence-electron chi connectivity index (χ1n) is 8.78. The fraction of sp³-hybridized carbons (Fsp3) is 0.400. The summed E-state index contributed by atoms with van der Waals surface area (Å²) in [5.41, 5.74) is 3.99. The first-order valence-corrected chi connectivity index (χ1v) is 8.78. The van der Waals surface area contributed by atoms with E-state index in [1.807, 2.05) is 38.1 Å². The molecule has 1 aliphatic rings. The molecule has 1 atom stereocenters. The molecule has 1 aromatic heterocycles. The number of aryl methyl sites for hydroxylation is 1. The van der Waals surface area contributed by atoms with Crippen molar-refractivity contribution >= 4 is 11.8 Å². The fourth-order valence-electron chi connectivity index (χ4n) is 3.61. The van der Waals surface area contributed by atoms with Crippen molar-refractivity contribution in [3.05, 3.63) is 58.9 Å². The normalized spacial score (nSPS) is 16.3. The molecule has 0 bridgehead atoms. The Morgan fingerprint density at radius 1 is 1.16 bits per heavy atom. The highest BCUT2D eigenvalue weighted by molar-refractivity contribution is 5.96. The predicted octanol–water partition coefficient (Wildman–Crippen LogP) is 2.68. The maximum atomic E-state index is 13.0. The van der Waals surface area contributed by atoms with Gasteiger partial charge in [-0.15, -0.1) is 0 Å². The van der Waals surface area contributed by atoms with Crippen LogP contribution in [0.4, 0.5) is 0 Å². The molecule has 0 aliphatic carbocycles. The van der Waals surface area contributed by atoms with E-state index < -0.39 is 0 Å². The highest BCUT2D eigenvalue weighted by Crippen LogP contribution is 2.26. The van der Waals surface area contributed by atoms with Crippen molar-refractivity contribution in [2.75, 3.05) is 19.6 Å². The second-order valence-corrected chi connectivity index (χ2v) is 6.63. The number of hydrogen-bond acceptors (Lipinski definition) is 2. The third kappa shape index (κ3) is 3.45. The molecule has 5 heteroatoms. The van der Waals surface area contributed by atoms with E-state index >= 15 is 0 Å². The lowest BCUT2D eigenvalue weighted by Gasteiger charge is -2.21. The number of nitrogens with one attached hydrogen (secondary N) is 1. The van der Waals surface area contributed by atoms with Gasteiger partial charge in [-0.05, 0) is 32.4 Å². The van der Waals surface area contributed by atoms with Crippen LogP contribution in [0.15, 0.2) is 36.4 Å². The smallest absolute Gasteiger partial charge is 0.255 e. The Balaban J connectivity index is 1.89. The van der Waals surface area contributed by atoms with Crippen LogP contribution in [0.5, 0.6) is 0 Å². The van der Waals surface area contributed by atoms with E-state index in [4.69, 9.17) is 0 Å². The minimum atomic E-state index is 0.0103. The number of aromatic nitrogens is 1. The summed E-state index contributed by atoms with van der Waals surface area (Å²) < 4.78 is 2.21. The van der Waals surface area contributed by atoms with Gasteiger partial charge in [0, 0.05) is 37.4 Å². The monoisotopic (exact) mass is 339 g/mol. The highest BCUT2D eigenvalue weighted by atomic mass is 16.2. The van der Waals surface area contributed by atoms with Gasteiger partial charge in [-0.1, -0.05) is 30.3 Å². The van der Waals surface area contributed by atoms with Crippen LogP contribution < -0.4 is 5.32 Å². The number of carbonyl (C=O) groups excluding carboxylic acids is 2. The lowest BCUT2D eigenvalue weighted by Crippen LogP contribution is -2.34. The van der Waals surface area contributed by atoms with Crippen molar-refractivity contribution in [1.82, 2.24) is 14.8 Å². The summed E-state index contributed by atoms with van der Waals surface area (Å²) in [5.74, 6) is 0.0228. The summed E-state index contributed by atoms with van der Waals surface area (Å²) in [4.78, 5) is 26.3. The maximum Gasteiger partial charge on any atom is 0.255 e. The average Bonchev–Trinajstić information content (AvgIpc) is 2.77. The topological polar surface area (TPSA) is 54.3 Å². The zero-order valence-electron chi connectivity index (χ0n) is 15.1. The molecule has 25 heavy (non-hydrogen) atoms. The molecular formula is C20H25N3O2. The molecule has 0 saturated carbocycles. The van der Waals surface area contributed by atoms with Gasteiger partial charge in [0.2, 0.25) is 5.91 Å². The molecule has 1 saturated heterocycles. The maximum absolute atomic E-state index is 13.0. The van der Waals surface area contributed by atoms with Gasteiger partial charge in [0.25, 0.3) is 5.91 Å². The van der Waals surface area contributed by atoms with Crippen LogP contribution >= 0.6 is 0 Å². The Morgan fingerprint density at radius 2 is 1.88 bits per heavy atom. The zero-order valence-corrected chi connectivity index (χ0v) is 15.1. The van der Waals surface area contributed by atoms with Gasteiger partial charge in [-0.3, -0.25) is 9.59 Å². The van der Waals surface area contributed by atoms with Crippen molar-refractivity contribution < 1.29 is 9.59 Å². The minimum Gasteiger partial charge on any atom is -0.354 e. The van der Waals surface area contributed by atoms with Crippen LogP contribution in [0.25, 0.3) is 0 Å². The van der Waals surface area contributed by atoms with Crippen LogP contribution in [0, 0.1) is 13.8 Å². The number of amides is 2. The van der Waals surface area contributed by atoms with Crippen LogP contribution in [-0.2, 0) is 4.79 Å². The second kappa shape index (κ2) is 7.13. The molecule has 132 valence electrons. The molecule has 1 N–H and O–H groups in total. The molecule has 1 fully saturated rings. The van der Waals surface area contributed by atoms with Gasteiger partial charge >= 0.3 is 0 Å². The number of benzene rings is 1. The number of carbonyl (C=O) groups is 2. The largest absolute Gasteiger partial charge is 0.354 e. The molecule has 0 spiro atoms. The quantitative estimate of drug-likeness (QED) is 0.935. The molecular weight excluding hydrogens is 314 g/mol. The van der Waals surface area contributed by atoms with Crippen molar-refractivity contribution in [1.29, 1.82) is 0 Å². The van der Waals surface area contributed by atoms with Crippen molar-refractivity contribution in [2.24, 2.45) is 0 Å². The second-order valence-electron chi connectivity index (χ2n) is 6.63. The van der Waals surface area contributed by atoms with Crippen molar-refractivity contribution in [3.8, 4) is 0 Å². The molecule has 2 aromatic rings.